The number of esters is 1. The number of aryl methyl sites for hydroxylation is 1. The molecule has 212 valence electrons. The van der Waals surface area contributed by atoms with Crippen LogP contribution in [-0.2, 0) is 23.9 Å². The number of ether oxygens (including phenoxy) is 2. The van der Waals surface area contributed by atoms with Crippen molar-refractivity contribution < 1.29 is 29.0 Å². The summed E-state index contributed by atoms with van der Waals surface area (Å²) in [5, 5.41) is 10.5. The number of anilines is 1. The fraction of sp³-hybridized carbons (Fsp3) is 0.567. The van der Waals surface area contributed by atoms with Crippen molar-refractivity contribution >= 4 is 35.1 Å². The number of likely N-dealkylation sites (tertiary alicyclic amines) is 1. The number of fused-ring (bicyclic) bond motifs is 1. The number of hydrogen-bond acceptors (Lipinski definition) is 6. The standard InChI is InChI=1S/C30H39ClN2O6/c1-7-9-10-15-38-28(37)23-22-26(35)33(20(5)17-34)25(30(22)16-19(4)29(23,6)39-30)27(36)32(14-8-2)24-18(3)12-11-13-21(24)31/h7-8,11-13,19-20,22-23,25,34H,1-2,9-10,14-17H2,3-6H3/t19?,20-,22+,23-,25?,29+,30?/m1/s1. The van der Waals surface area contributed by atoms with Crippen LogP contribution in [0, 0.1) is 24.7 Å². The Morgan fingerprint density at radius 3 is 2.69 bits per heavy atom. The number of carbonyl (C=O) groups is 3. The molecule has 3 heterocycles. The van der Waals surface area contributed by atoms with Crippen LogP contribution >= 0.6 is 11.6 Å². The van der Waals surface area contributed by atoms with E-state index < -0.39 is 47.0 Å². The molecule has 3 unspecified atom stereocenters. The van der Waals surface area contributed by atoms with E-state index in [1.165, 1.54) is 9.80 Å². The van der Waals surface area contributed by atoms with Gasteiger partial charge in [-0.2, -0.15) is 0 Å². The lowest BCUT2D eigenvalue weighted by atomic mass is 9.62. The monoisotopic (exact) mass is 558 g/mol. The molecule has 3 aliphatic heterocycles. The molecule has 39 heavy (non-hydrogen) atoms. The highest BCUT2D eigenvalue weighted by Gasteiger charge is 2.80. The van der Waals surface area contributed by atoms with Crippen molar-refractivity contribution in [2.45, 2.75) is 70.2 Å². The summed E-state index contributed by atoms with van der Waals surface area (Å²) in [6.45, 7) is 14.9. The SMILES string of the molecule is C=CCCCOC(=O)[C@H]1[C@H]2C(=O)N([C@H](C)CO)C(C(=O)N(CC=C)c3c(C)cccc3Cl)C23CC(C)[C@]1(C)O3. The highest BCUT2D eigenvalue weighted by molar-refractivity contribution is 6.34. The Hall–Kier alpha value is -2.68. The third-order valence-corrected chi connectivity index (χ3v) is 9.12. The van der Waals surface area contributed by atoms with Crippen LogP contribution < -0.4 is 4.90 Å². The lowest BCUT2D eigenvalue weighted by molar-refractivity contribution is -0.162. The molecule has 0 aromatic heterocycles. The van der Waals surface area contributed by atoms with Crippen molar-refractivity contribution in [3.05, 3.63) is 54.1 Å². The van der Waals surface area contributed by atoms with Gasteiger partial charge in [0.2, 0.25) is 5.91 Å². The van der Waals surface area contributed by atoms with Crippen LogP contribution in [0.4, 0.5) is 5.69 Å². The van der Waals surface area contributed by atoms with Crippen LogP contribution in [0.25, 0.3) is 0 Å². The number of carbonyl (C=O) groups excluding carboxylic acids is 3. The lowest BCUT2D eigenvalue weighted by Gasteiger charge is -2.39. The van der Waals surface area contributed by atoms with E-state index in [9.17, 15) is 19.5 Å². The van der Waals surface area contributed by atoms with Gasteiger partial charge in [-0.25, -0.2) is 0 Å². The highest BCUT2D eigenvalue weighted by atomic mass is 35.5. The van der Waals surface area contributed by atoms with E-state index in [2.05, 4.69) is 13.2 Å². The van der Waals surface area contributed by atoms with E-state index in [-0.39, 0.29) is 31.6 Å². The molecular formula is C30H39ClN2O6. The van der Waals surface area contributed by atoms with Gasteiger partial charge in [0.1, 0.15) is 17.6 Å². The second kappa shape index (κ2) is 11.1. The third-order valence-electron chi connectivity index (χ3n) is 8.81. The largest absolute Gasteiger partial charge is 0.465 e. The number of allylic oxidation sites excluding steroid dienone is 1. The zero-order valence-electron chi connectivity index (χ0n) is 23.2. The number of benzene rings is 1. The van der Waals surface area contributed by atoms with Gasteiger partial charge in [-0.1, -0.05) is 42.8 Å². The molecule has 3 aliphatic rings. The molecule has 4 rings (SSSR count). The molecule has 2 bridgehead atoms. The fourth-order valence-corrected chi connectivity index (χ4v) is 7.22. The van der Waals surface area contributed by atoms with Gasteiger partial charge in [0.15, 0.2) is 0 Å². The summed E-state index contributed by atoms with van der Waals surface area (Å²) in [4.78, 5) is 45.3. The van der Waals surface area contributed by atoms with Crippen molar-refractivity contribution in [2.24, 2.45) is 17.8 Å². The predicted octanol–water partition coefficient (Wildman–Crippen LogP) is 4.07. The number of nitrogens with zero attached hydrogens (tertiary/aromatic N) is 2. The Kier molecular flexibility index (Phi) is 8.31. The summed E-state index contributed by atoms with van der Waals surface area (Å²) in [6, 6.07) is 3.62. The molecule has 1 N–H and O–H groups in total. The second-order valence-corrected chi connectivity index (χ2v) is 11.6. The van der Waals surface area contributed by atoms with Gasteiger partial charge in [-0.15, -0.1) is 13.2 Å². The van der Waals surface area contributed by atoms with Gasteiger partial charge in [-0.3, -0.25) is 14.4 Å². The zero-order valence-corrected chi connectivity index (χ0v) is 23.9. The minimum atomic E-state index is -1.26. The maximum atomic E-state index is 14.6. The second-order valence-electron chi connectivity index (χ2n) is 11.2. The molecule has 8 nitrogen and oxygen atoms in total. The van der Waals surface area contributed by atoms with Gasteiger partial charge >= 0.3 is 5.97 Å². The average Bonchev–Trinajstić information content (AvgIpc) is 3.41. The molecule has 1 aromatic carbocycles. The van der Waals surface area contributed by atoms with E-state index >= 15 is 0 Å². The van der Waals surface area contributed by atoms with Crippen molar-refractivity contribution in [3.63, 3.8) is 0 Å². The summed E-state index contributed by atoms with van der Waals surface area (Å²) in [5.41, 5.74) is -0.925. The highest BCUT2D eigenvalue weighted by Crippen LogP contribution is 2.65. The van der Waals surface area contributed by atoms with Crippen molar-refractivity contribution in [1.82, 2.24) is 4.90 Å². The molecule has 1 aromatic rings. The topological polar surface area (TPSA) is 96.4 Å². The van der Waals surface area contributed by atoms with Gasteiger partial charge in [0, 0.05) is 6.54 Å². The maximum Gasteiger partial charge on any atom is 0.312 e. The average molecular weight is 559 g/mol. The van der Waals surface area contributed by atoms with Crippen molar-refractivity contribution in [1.29, 1.82) is 0 Å². The van der Waals surface area contributed by atoms with Gasteiger partial charge in [0.25, 0.3) is 5.91 Å². The molecule has 0 aliphatic carbocycles. The summed E-state index contributed by atoms with van der Waals surface area (Å²) < 4.78 is 12.4. The first-order chi connectivity index (χ1) is 18.5. The normalized spacial score (nSPS) is 31.6. The first-order valence-electron chi connectivity index (χ1n) is 13.6. The van der Waals surface area contributed by atoms with Crippen molar-refractivity contribution in [2.75, 3.05) is 24.7 Å². The zero-order chi connectivity index (χ0) is 28.7. The number of rotatable bonds is 11. The number of unbranched alkanes of at least 4 members (excludes halogenated alkanes) is 1. The fourth-order valence-electron chi connectivity index (χ4n) is 6.90. The predicted molar refractivity (Wildman–Crippen MR) is 149 cm³/mol. The molecule has 3 fully saturated rings. The van der Waals surface area contributed by atoms with Crippen molar-refractivity contribution in [3.8, 4) is 0 Å². The number of hydrogen-bond donors (Lipinski definition) is 1. The van der Waals surface area contributed by atoms with E-state index in [0.29, 0.717) is 30.0 Å². The van der Waals surface area contributed by atoms with E-state index in [1.54, 1.807) is 31.2 Å². The Bertz CT molecular complexity index is 1150. The molecular weight excluding hydrogens is 520 g/mol. The third kappa shape index (κ3) is 4.50. The maximum absolute atomic E-state index is 14.6. The molecule has 1 spiro atoms. The minimum absolute atomic E-state index is 0.123. The molecule has 7 atom stereocenters. The number of amides is 2. The van der Waals surface area contributed by atoms with E-state index in [4.69, 9.17) is 21.1 Å². The number of aliphatic hydroxyl groups excluding tert-OH is 1. The van der Waals surface area contributed by atoms with Crippen LogP contribution in [0.1, 0.15) is 45.6 Å². The molecule has 0 saturated carbocycles. The number of halogens is 1. The summed E-state index contributed by atoms with van der Waals surface area (Å²) in [7, 11) is 0. The van der Waals surface area contributed by atoms with Gasteiger partial charge < -0.3 is 24.4 Å². The minimum Gasteiger partial charge on any atom is -0.465 e. The Morgan fingerprint density at radius 1 is 1.36 bits per heavy atom. The Morgan fingerprint density at radius 2 is 2.08 bits per heavy atom. The van der Waals surface area contributed by atoms with Crippen LogP contribution in [0.3, 0.4) is 0 Å². The van der Waals surface area contributed by atoms with Crippen LogP contribution in [0.2, 0.25) is 5.02 Å². The smallest absolute Gasteiger partial charge is 0.312 e. The van der Waals surface area contributed by atoms with Crippen LogP contribution in [0.15, 0.2) is 43.5 Å². The van der Waals surface area contributed by atoms with Gasteiger partial charge in [-0.05, 0) is 57.6 Å². The molecule has 3 saturated heterocycles. The van der Waals surface area contributed by atoms with Crippen LogP contribution in [0.5, 0.6) is 0 Å². The van der Waals surface area contributed by atoms with E-state index in [1.807, 2.05) is 26.8 Å². The van der Waals surface area contributed by atoms with E-state index in [0.717, 1.165) is 5.56 Å². The lowest BCUT2D eigenvalue weighted by Crippen LogP contribution is -2.58. The summed E-state index contributed by atoms with van der Waals surface area (Å²) >= 11 is 6.59. The quantitative estimate of drug-likeness (QED) is 0.250. The van der Waals surface area contributed by atoms with Crippen LogP contribution in [-0.4, -0.2) is 70.8 Å². The summed E-state index contributed by atoms with van der Waals surface area (Å²) in [6.07, 6.45) is 5.10. The molecule has 2 amide bonds. The number of aliphatic hydroxyl groups is 1. The number of para-hydroxylation sites is 1. The van der Waals surface area contributed by atoms with Gasteiger partial charge in [0.05, 0.1) is 41.5 Å². The first kappa shape index (κ1) is 29.3. The molecule has 0 radical (unpaired) electrons. The Balaban J connectivity index is 1.82. The summed E-state index contributed by atoms with van der Waals surface area (Å²) in [5.74, 6) is -3.18. The Labute approximate surface area is 235 Å². The molecule has 9 heteroatoms. The first-order valence-corrected chi connectivity index (χ1v) is 14.0.